The van der Waals surface area contributed by atoms with E-state index in [4.69, 9.17) is 9.15 Å². The standard InChI is InChI=1S/C18H22N2O3/c1-13-5-3-4-6-14(13)9-15-7-8-20(11-17(15)22-2)18(21)16-10-19-12-23-16/h3-6,10,12,15,17H,7-9,11H2,1-2H3/t15-,17-/m1/s1. The van der Waals surface area contributed by atoms with Gasteiger partial charge in [-0.3, -0.25) is 4.79 Å². The van der Waals surface area contributed by atoms with Crippen LogP contribution >= 0.6 is 0 Å². The molecule has 0 aliphatic carbocycles. The molecule has 0 bridgehead atoms. The minimum absolute atomic E-state index is 0.0372. The van der Waals surface area contributed by atoms with Crippen molar-refractivity contribution in [2.24, 2.45) is 5.92 Å². The predicted octanol–water partition coefficient (Wildman–Crippen LogP) is 2.70. The number of likely N-dealkylation sites (tertiary alicyclic amines) is 1. The second-order valence-corrected chi connectivity index (χ2v) is 6.07. The second kappa shape index (κ2) is 6.96. The molecule has 0 spiro atoms. The van der Waals surface area contributed by atoms with Crippen LogP contribution in [0.4, 0.5) is 0 Å². The summed E-state index contributed by atoms with van der Waals surface area (Å²) < 4.78 is 10.8. The van der Waals surface area contributed by atoms with Gasteiger partial charge in [-0.15, -0.1) is 0 Å². The van der Waals surface area contributed by atoms with Crippen molar-refractivity contribution >= 4 is 5.91 Å². The van der Waals surface area contributed by atoms with E-state index in [2.05, 4.69) is 36.2 Å². The number of aryl methyl sites for hydroxylation is 1. The quantitative estimate of drug-likeness (QED) is 0.870. The molecule has 0 unspecified atom stereocenters. The Hall–Kier alpha value is -2.14. The lowest BCUT2D eigenvalue weighted by atomic mass is 9.86. The molecule has 0 saturated carbocycles. The molecule has 2 atom stereocenters. The third-order valence-electron chi connectivity index (χ3n) is 4.67. The van der Waals surface area contributed by atoms with E-state index in [0.29, 0.717) is 12.5 Å². The first-order valence-electron chi connectivity index (χ1n) is 7.94. The second-order valence-electron chi connectivity index (χ2n) is 6.07. The van der Waals surface area contributed by atoms with E-state index in [1.807, 2.05) is 0 Å². The van der Waals surface area contributed by atoms with Crippen molar-refractivity contribution in [3.05, 3.63) is 53.7 Å². The molecule has 2 aromatic rings. The molecular formula is C18H22N2O3. The molecule has 0 radical (unpaired) electrons. The normalized spacial score (nSPS) is 21.4. The molecular weight excluding hydrogens is 292 g/mol. The summed E-state index contributed by atoms with van der Waals surface area (Å²) in [6.07, 6.45) is 4.69. The van der Waals surface area contributed by atoms with E-state index < -0.39 is 0 Å². The lowest BCUT2D eigenvalue weighted by molar-refractivity contribution is -0.00796. The number of carbonyl (C=O) groups is 1. The number of ether oxygens (including phenoxy) is 1. The van der Waals surface area contributed by atoms with E-state index in [1.165, 1.54) is 23.7 Å². The molecule has 5 nitrogen and oxygen atoms in total. The van der Waals surface area contributed by atoms with Crippen molar-refractivity contribution in [3.8, 4) is 0 Å². The van der Waals surface area contributed by atoms with E-state index in [0.717, 1.165) is 19.4 Å². The summed E-state index contributed by atoms with van der Waals surface area (Å²) in [4.78, 5) is 18.0. The lowest BCUT2D eigenvalue weighted by Crippen LogP contribution is -2.48. The Labute approximate surface area is 136 Å². The third kappa shape index (κ3) is 3.45. The van der Waals surface area contributed by atoms with Crippen LogP contribution in [-0.2, 0) is 11.2 Å². The Morgan fingerprint density at radius 1 is 1.43 bits per heavy atom. The summed E-state index contributed by atoms with van der Waals surface area (Å²) >= 11 is 0. The van der Waals surface area contributed by atoms with Gasteiger partial charge in [-0.2, -0.15) is 0 Å². The van der Waals surface area contributed by atoms with Gasteiger partial charge in [-0.05, 0) is 36.8 Å². The van der Waals surface area contributed by atoms with Gasteiger partial charge < -0.3 is 14.1 Å². The van der Waals surface area contributed by atoms with Crippen LogP contribution in [0.15, 0.2) is 41.3 Å². The first-order valence-corrected chi connectivity index (χ1v) is 7.94. The molecule has 1 fully saturated rings. The highest BCUT2D eigenvalue weighted by atomic mass is 16.5. The molecule has 122 valence electrons. The average Bonchev–Trinajstić information content (AvgIpc) is 3.11. The van der Waals surface area contributed by atoms with Gasteiger partial charge in [0.25, 0.3) is 5.91 Å². The summed E-state index contributed by atoms with van der Waals surface area (Å²) in [7, 11) is 1.72. The molecule has 23 heavy (non-hydrogen) atoms. The molecule has 1 aromatic heterocycles. The summed E-state index contributed by atoms with van der Waals surface area (Å²) in [5.41, 5.74) is 2.66. The smallest absolute Gasteiger partial charge is 0.291 e. The predicted molar refractivity (Wildman–Crippen MR) is 86.2 cm³/mol. The zero-order chi connectivity index (χ0) is 16.2. The number of rotatable bonds is 4. The molecule has 3 rings (SSSR count). The van der Waals surface area contributed by atoms with E-state index in [-0.39, 0.29) is 17.8 Å². The summed E-state index contributed by atoms with van der Waals surface area (Å²) in [6, 6.07) is 8.45. The summed E-state index contributed by atoms with van der Waals surface area (Å²) in [6.45, 7) is 3.45. The highest BCUT2D eigenvalue weighted by Crippen LogP contribution is 2.26. The monoisotopic (exact) mass is 314 g/mol. The van der Waals surface area contributed by atoms with Crippen LogP contribution in [0, 0.1) is 12.8 Å². The maximum atomic E-state index is 12.4. The maximum Gasteiger partial charge on any atom is 0.291 e. The number of hydrogen-bond acceptors (Lipinski definition) is 4. The minimum Gasteiger partial charge on any atom is -0.438 e. The Balaban J connectivity index is 1.67. The fraction of sp³-hybridized carbons (Fsp3) is 0.444. The molecule has 1 saturated heterocycles. The SMILES string of the molecule is CO[C@@H]1CN(C(=O)c2cnco2)CC[C@@H]1Cc1ccccc1C. The molecule has 1 amide bonds. The fourth-order valence-corrected chi connectivity index (χ4v) is 3.25. The van der Waals surface area contributed by atoms with Gasteiger partial charge in [0, 0.05) is 20.2 Å². The van der Waals surface area contributed by atoms with Gasteiger partial charge in [-0.25, -0.2) is 4.98 Å². The molecule has 2 heterocycles. The Kier molecular flexibility index (Phi) is 4.76. The Bertz CT molecular complexity index is 654. The number of benzene rings is 1. The number of carbonyl (C=O) groups excluding carboxylic acids is 1. The lowest BCUT2D eigenvalue weighted by Gasteiger charge is -2.37. The van der Waals surface area contributed by atoms with Crippen molar-refractivity contribution in [1.82, 2.24) is 9.88 Å². The van der Waals surface area contributed by atoms with E-state index in [9.17, 15) is 4.79 Å². The Morgan fingerprint density at radius 2 is 2.26 bits per heavy atom. The Morgan fingerprint density at radius 3 is 2.96 bits per heavy atom. The van der Waals surface area contributed by atoms with Crippen LogP contribution in [0.1, 0.15) is 28.1 Å². The van der Waals surface area contributed by atoms with Gasteiger partial charge in [0.15, 0.2) is 6.39 Å². The van der Waals surface area contributed by atoms with Crippen molar-refractivity contribution in [2.75, 3.05) is 20.2 Å². The van der Waals surface area contributed by atoms with Crippen molar-refractivity contribution in [2.45, 2.75) is 25.9 Å². The van der Waals surface area contributed by atoms with Crippen LogP contribution in [-0.4, -0.2) is 42.1 Å². The minimum atomic E-state index is -0.112. The number of nitrogens with zero attached hydrogens (tertiary/aromatic N) is 2. The van der Waals surface area contributed by atoms with Gasteiger partial charge in [0.2, 0.25) is 5.76 Å². The number of methoxy groups -OCH3 is 1. The van der Waals surface area contributed by atoms with Gasteiger partial charge in [0.1, 0.15) is 0 Å². The van der Waals surface area contributed by atoms with Crippen molar-refractivity contribution in [1.29, 1.82) is 0 Å². The van der Waals surface area contributed by atoms with Crippen LogP contribution in [0.5, 0.6) is 0 Å². The number of aromatic nitrogens is 1. The highest BCUT2D eigenvalue weighted by Gasteiger charge is 2.33. The first kappa shape index (κ1) is 15.7. The number of oxazole rings is 1. The van der Waals surface area contributed by atoms with Crippen LogP contribution < -0.4 is 0 Å². The highest BCUT2D eigenvalue weighted by molar-refractivity contribution is 5.91. The largest absolute Gasteiger partial charge is 0.438 e. The van der Waals surface area contributed by atoms with E-state index in [1.54, 1.807) is 12.0 Å². The summed E-state index contributed by atoms with van der Waals surface area (Å²) in [5, 5.41) is 0. The number of amides is 1. The topological polar surface area (TPSA) is 55.6 Å². The van der Waals surface area contributed by atoms with Crippen LogP contribution in [0.2, 0.25) is 0 Å². The van der Waals surface area contributed by atoms with Crippen molar-refractivity contribution < 1.29 is 13.9 Å². The number of hydrogen-bond donors (Lipinski definition) is 0. The van der Waals surface area contributed by atoms with Gasteiger partial charge in [-0.1, -0.05) is 24.3 Å². The molecule has 1 aromatic carbocycles. The van der Waals surface area contributed by atoms with Crippen LogP contribution in [0.25, 0.3) is 0 Å². The zero-order valence-corrected chi connectivity index (χ0v) is 13.6. The number of piperidine rings is 1. The average molecular weight is 314 g/mol. The van der Waals surface area contributed by atoms with Gasteiger partial charge in [0.05, 0.1) is 12.3 Å². The fourth-order valence-electron chi connectivity index (χ4n) is 3.25. The van der Waals surface area contributed by atoms with E-state index >= 15 is 0 Å². The van der Waals surface area contributed by atoms with Gasteiger partial charge >= 0.3 is 0 Å². The zero-order valence-electron chi connectivity index (χ0n) is 13.6. The molecule has 1 aliphatic heterocycles. The molecule has 0 N–H and O–H groups in total. The maximum absolute atomic E-state index is 12.4. The molecule has 5 heteroatoms. The molecule has 1 aliphatic rings. The van der Waals surface area contributed by atoms with Crippen LogP contribution in [0.3, 0.4) is 0 Å². The first-order chi connectivity index (χ1) is 11.2. The third-order valence-corrected chi connectivity index (χ3v) is 4.67. The van der Waals surface area contributed by atoms with Crippen molar-refractivity contribution in [3.63, 3.8) is 0 Å². The summed E-state index contributed by atoms with van der Waals surface area (Å²) in [5.74, 6) is 0.593.